The SMILES string of the molecule is Cc1ccc(C(=O)NC[C@@H]([C@H]2CCOC2)N2CCOCC2)s1. The molecule has 3 heterocycles. The molecule has 2 aliphatic heterocycles. The molecule has 0 aromatic carbocycles. The summed E-state index contributed by atoms with van der Waals surface area (Å²) in [5.41, 5.74) is 0. The summed E-state index contributed by atoms with van der Waals surface area (Å²) >= 11 is 1.55. The van der Waals surface area contributed by atoms with Crippen LogP contribution in [0.25, 0.3) is 0 Å². The van der Waals surface area contributed by atoms with Gasteiger partial charge in [0.05, 0.1) is 24.7 Å². The van der Waals surface area contributed by atoms with E-state index in [1.807, 2.05) is 19.1 Å². The van der Waals surface area contributed by atoms with Crippen molar-refractivity contribution in [1.82, 2.24) is 10.2 Å². The number of carbonyl (C=O) groups is 1. The Morgan fingerprint density at radius 3 is 2.82 bits per heavy atom. The maximum atomic E-state index is 12.3. The molecule has 0 radical (unpaired) electrons. The predicted octanol–water partition coefficient (Wildman–Crippen LogP) is 1.52. The topological polar surface area (TPSA) is 50.8 Å². The second-order valence-electron chi connectivity index (χ2n) is 5.96. The summed E-state index contributed by atoms with van der Waals surface area (Å²) in [6.07, 6.45) is 1.08. The van der Waals surface area contributed by atoms with Crippen molar-refractivity contribution >= 4 is 17.2 Å². The zero-order valence-electron chi connectivity index (χ0n) is 13.0. The smallest absolute Gasteiger partial charge is 0.261 e. The van der Waals surface area contributed by atoms with Crippen LogP contribution in [0.2, 0.25) is 0 Å². The standard InChI is InChI=1S/C16H24N2O3S/c1-12-2-3-15(22-12)16(19)17-10-14(13-4-7-21-11-13)18-5-8-20-9-6-18/h2-3,13-14H,4-11H2,1H3,(H,17,19)/t13-,14-/m0/s1. The number of thiophene rings is 1. The van der Waals surface area contributed by atoms with Crippen molar-refractivity contribution in [2.75, 3.05) is 46.1 Å². The van der Waals surface area contributed by atoms with Crippen LogP contribution >= 0.6 is 11.3 Å². The van der Waals surface area contributed by atoms with Crippen molar-refractivity contribution in [1.29, 1.82) is 0 Å². The number of amides is 1. The van der Waals surface area contributed by atoms with Crippen LogP contribution in [0.5, 0.6) is 0 Å². The molecule has 1 amide bonds. The van der Waals surface area contributed by atoms with Crippen LogP contribution in [0, 0.1) is 12.8 Å². The molecular weight excluding hydrogens is 300 g/mol. The second kappa shape index (κ2) is 7.55. The highest BCUT2D eigenvalue weighted by molar-refractivity contribution is 7.13. The van der Waals surface area contributed by atoms with Crippen molar-refractivity contribution in [2.24, 2.45) is 5.92 Å². The molecule has 2 aliphatic rings. The van der Waals surface area contributed by atoms with E-state index >= 15 is 0 Å². The van der Waals surface area contributed by atoms with E-state index < -0.39 is 0 Å². The number of nitrogens with zero attached hydrogens (tertiary/aromatic N) is 1. The van der Waals surface area contributed by atoms with Gasteiger partial charge in [-0.15, -0.1) is 11.3 Å². The molecule has 5 nitrogen and oxygen atoms in total. The predicted molar refractivity (Wildman–Crippen MR) is 86.5 cm³/mol. The van der Waals surface area contributed by atoms with E-state index in [-0.39, 0.29) is 5.91 Å². The fraction of sp³-hybridized carbons (Fsp3) is 0.688. The highest BCUT2D eigenvalue weighted by atomic mass is 32.1. The lowest BCUT2D eigenvalue weighted by Crippen LogP contribution is -2.52. The van der Waals surface area contributed by atoms with Crippen LogP contribution < -0.4 is 5.32 Å². The van der Waals surface area contributed by atoms with E-state index in [4.69, 9.17) is 9.47 Å². The number of morpholine rings is 1. The first-order valence-corrected chi connectivity index (χ1v) is 8.80. The number of rotatable bonds is 5. The van der Waals surface area contributed by atoms with Crippen molar-refractivity contribution in [2.45, 2.75) is 19.4 Å². The van der Waals surface area contributed by atoms with Gasteiger partial charge in [-0.05, 0) is 25.5 Å². The molecule has 3 rings (SSSR count). The van der Waals surface area contributed by atoms with Crippen molar-refractivity contribution in [3.8, 4) is 0 Å². The van der Waals surface area contributed by atoms with Crippen LogP contribution in [-0.4, -0.2) is 62.9 Å². The summed E-state index contributed by atoms with van der Waals surface area (Å²) in [4.78, 5) is 16.7. The first-order chi connectivity index (χ1) is 10.7. The average molecular weight is 324 g/mol. The van der Waals surface area contributed by atoms with Crippen molar-refractivity contribution < 1.29 is 14.3 Å². The van der Waals surface area contributed by atoms with Gasteiger partial charge in [-0.1, -0.05) is 0 Å². The molecule has 1 N–H and O–H groups in total. The molecule has 22 heavy (non-hydrogen) atoms. The van der Waals surface area contributed by atoms with Gasteiger partial charge in [0.25, 0.3) is 5.91 Å². The van der Waals surface area contributed by atoms with Crippen molar-refractivity contribution in [3.05, 3.63) is 21.9 Å². The molecule has 0 saturated carbocycles. The van der Waals surface area contributed by atoms with E-state index in [1.54, 1.807) is 11.3 Å². The Hall–Kier alpha value is -0.950. The number of carbonyl (C=O) groups excluding carboxylic acids is 1. The fourth-order valence-corrected chi connectivity index (χ4v) is 3.98. The molecule has 1 aromatic rings. The minimum atomic E-state index is 0.0373. The van der Waals surface area contributed by atoms with Gasteiger partial charge in [-0.3, -0.25) is 9.69 Å². The summed E-state index contributed by atoms with van der Waals surface area (Å²) in [5.74, 6) is 0.541. The second-order valence-corrected chi connectivity index (χ2v) is 7.25. The Labute approximate surface area is 135 Å². The number of hydrogen-bond acceptors (Lipinski definition) is 5. The summed E-state index contributed by atoms with van der Waals surface area (Å²) in [6, 6.07) is 4.23. The highest BCUT2D eigenvalue weighted by Crippen LogP contribution is 2.22. The molecule has 0 bridgehead atoms. The maximum absolute atomic E-state index is 12.3. The largest absolute Gasteiger partial charge is 0.381 e. The molecule has 6 heteroatoms. The van der Waals surface area contributed by atoms with E-state index in [9.17, 15) is 4.79 Å². The first-order valence-electron chi connectivity index (χ1n) is 7.98. The normalized spacial score (nSPS) is 24.3. The summed E-state index contributed by atoms with van der Waals surface area (Å²) in [5, 5.41) is 3.12. The summed E-state index contributed by atoms with van der Waals surface area (Å²) < 4.78 is 11.0. The Kier molecular flexibility index (Phi) is 5.46. The highest BCUT2D eigenvalue weighted by Gasteiger charge is 2.31. The fourth-order valence-electron chi connectivity index (χ4n) is 3.20. The third-order valence-electron chi connectivity index (χ3n) is 4.46. The van der Waals surface area contributed by atoms with E-state index in [2.05, 4.69) is 10.2 Å². The average Bonchev–Trinajstić information content (AvgIpc) is 3.20. The van der Waals surface area contributed by atoms with Crippen LogP contribution in [0.15, 0.2) is 12.1 Å². The lowest BCUT2D eigenvalue weighted by molar-refractivity contribution is 0.00167. The molecule has 2 atom stereocenters. The van der Waals surface area contributed by atoms with Crippen LogP contribution in [0.4, 0.5) is 0 Å². The van der Waals surface area contributed by atoms with Gasteiger partial charge in [0.2, 0.25) is 0 Å². The first kappa shape index (κ1) is 15.9. The number of ether oxygens (including phenoxy) is 2. The van der Waals surface area contributed by atoms with Gasteiger partial charge in [0.15, 0.2) is 0 Å². The minimum Gasteiger partial charge on any atom is -0.381 e. The molecule has 0 unspecified atom stereocenters. The zero-order valence-corrected chi connectivity index (χ0v) is 13.9. The summed E-state index contributed by atoms with van der Waals surface area (Å²) in [6.45, 7) is 7.78. The number of hydrogen-bond donors (Lipinski definition) is 1. The van der Waals surface area contributed by atoms with Crippen LogP contribution in [0.3, 0.4) is 0 Å². The lowest BCUT2D eigenvalue weighted by atomic mass is 9.97. The van der Waals surface area contributed by atoms with Gasteiger partial charge in [0.1, 0.15) is 0 Å². The molecule has 2 fully saturated rings. The van der Waals surface area contributed by atoms with Gasteiger partial charge in [-0.2, -0.15) is 0 Å². The van der Waals surface area contributed by atoms with Gasteiger partial charge >= 0.3 is 0 Å². The molecule has 0 aliphatic carbocycles. The Morgan fingerprint density at radius 2 is 2.18 bits per heavy atom. The van der Waals surface area contributed by atoms with E-state index in [1.165, 1.54) is 4.88 Å². The van der Waals surface area contributed by atoms with Crippen molar-refractivity contribution in [3.63, 3.8) is 0 Å². The van der Waals surface area contributed by atoms with E-state index in [0.29, 0.717) is 18.5 Å². The Morgan fingerprint density at radius 1 is 1.36 bits per heavy atom. The van der Waals surface area contributed by atoms with Gasteiger partial charge in [0, 0.05) is 43.1 Å². The lowest BCUT2D eigenvalue weighted by Gasteiger charge is -2.37. The quantitative estimate of drug-likeness (QED) is 0.892. The van der Waals surface area contributed by atoms with Gasteiger partial charge in [-0.25, -0.2) is 0 Å². The van der Waals surface area contributed by atoms with Crippen LogP contribution in [0.1, 0.15) is 21.0 Å². The molecule has 1 aromatic heterocycles. The molecule has 2 saturated heterocycles. The Bertz CT molecular complexity index is 493. The monoisotopic (exact) mass is 324 g/mol. The minimum absolute atomic E-state index is 0.0373. The van der Waals surface area contributed by atoms with Gasteiger partial charge < -0.3 is 14.8 Å². The maximum Gasteiger partial charge on any atom is 0.261 e. The molecule has 122 valence electrons. The number of aryl methyl sites for hydroxylation is 1. The Balaban J connectivity index is 1.60. The third-order valence-corrected chi connectivity index (χ3v) is 5.46. The number of nitrogens with one attached hydrogen (secondary N) is 1. The summed E-state index contributed by atoms with van der Waals surface area (Å²) in [7, 11) is 0. The molecular formula is C16H24N2O3S. The van der Waals surface area contributed by atoms with Crippen LogP contribution in [-0.2, 0) is 9.47 Å². The third kappa shape index (κ3) is 3.87. The molecule has 0 spiro atoms. The zero-order chi connectivity index (χ0) is 15.4. The van der Waals surface area contributed by atoms with E-state index in [0.717, 1.165) is 50.8 Å².